The number of rotatable bonds is 2. The van der Waals surface area contributed by atoms with Gasteiger partial charge in [-0.25, -0.2) is 13.6 Å². The normalized spacial score (nSPS) is 17.8. The first kappa shape index (κ1) is 10.9. The molecular weight excluding hydrogens is 216 g/mol. The zero-order valence-corrected chi connectivity index (χ0v) is 8.72. The largest absolute Gasteiger partial charge is 0.464 e. The molecule has 1 aliphatic heterocycles. The number of halogens is 2. The first-order chi connectivity index (χ1) is 7.63. The van der Waals surface area contributed by atoms with Crippen LogP contribution in [0.3, 0.4) is 0 Å². The molecule has 1 N–H and O–H groups in total. The zero-order chi connectivity index (χ0) is 11.7. The topological polar surface area (TPSA) is 38.3 Å². The van der Waals surface area contributed by atoms with E-state index in [4.69, 9.17) is 4.74 Å². The monoisotopic (exact) mass is 227 g/mol. The van der Waals surface area contributed by atoms with Crippen LogP contribution in [-0.2, 0) is 16.0 Å². The van der Waals surface area contributed by atoms with Crippen molar-refractivity contribution in [3.8, 4) is 0 Å². The van der Waals surface area contributed by atoms with E-state index in [2.05, 4.69) is 5.32 Å². The molecule has 3 nitrogen and oxygen atoms in total. The Morgan fingerprint density at radius 3 is 3.00 bits per heavy atom. The third-order valence-corrected chi connectivity index (χ3v) is 2.51. The third kappa shape index (κ3) is 1.73. The van der Waals surface area contributed by atoms with Crippen LogP contribution in [0.25, 0.3) is 0 Å². The quantitative estimate of drug-likeness (QED) is 0.784. The van der Waals surface area contributed by atoms with Crippen LogP contribution in [0.5, 0.6) is 0 Å². The Hall–Kier alpha value is -1.65. The molecule has 0 radical (unpaired) electrons. The van der Waals surface area contributed by atoms with Gasteiger partial charge in [0.25, 0.3) is 0 Å². The highest BCUT2D eigenvalue weighted by atomic mass is 19.2. The number of ether oxygens (including phenoxy) is 1. The molecule has 1 atom stereocenters. The second kappa shape index (κ2) is 4.08. The molecule has 0 saturated heterocycles. The Bertz CT molecular complexity index is 434. The van der Waals surface area contributed by atoms with Crippen LogP contribution in [0.1, 0.15) is 12.5 Å². The Kier molecular flexibility index (Phi) is 2.77. The van der Waals surface area contributed by atoms with Crippen LogP contribution < -0.4 is 5.32 Å². The lowest BCUT2D eigenvalue weighted by Gasteiger charge is -2.09. The maximum atomic E-state index is 13.4. The van der Waals surface area contributed by atoms with E-state index in [1.165, 1.54) is 6.07 Å². The van der Waals surface area contributed by atoms with Gasteiger partial charge in [-0.1, -0.05) is 0 Å². The highest BCUT2D eigenvalue weighted by molar-refractivity contribution is 5.82. The van der Waals surface area contributed by atoms with E-state index in [-0.39, 0.29) is 18.6 Å². The number of anilines is 1. The lowest BCUT2D eigenvalue weighted by molar-refractivity contribution is -0.143. The Labute approximate surface area is 91.4 Å². The molecule has 16 heavy (non-hydrogen) atoms. The molecule has 1 aromatic rings. The van der Waals surface area contributed by atoms with E-state index < -0.39 is 23.6 Å². The molecule has 1 aliphatic rings. The fourth-order valence-corrected chi connectivity index (χ4v) is 1.76. The molecule has 0 saturated carbocycles. The van der Waals surface area contributed by atoms with Gasteiger partial charge in [0.1, 0.15) is 6.04 Å². The van der Waals surface area contributed by atoms with Gasteiger partial charge in [0.2, 0.25) is 0 Å². The maximum absolute atomic E-state index is 13.4. The van der Waals surface area contributed by atoms with E-state index in [1.54, 1.807) is 6.92 Å². The van der Waals surface area contributed by atoms with Gasteiger partial charge in [-0.3, -0.25) is 0 Å². The van der Waals surface area contributed by atoms with Crippen LogP contribution in [0.15, 0.2) is 12.1 Å². The number of benzene rings is 1. The van der Waals surface area contributed by atoms with E-state index in [0.717, 1.165) is 6.07 Å². The smallest absolute Gasteiger partial charge is 0.328 e. The second-order valence-corrected chi connectivity index (χ2v) is 3.54. The maximum Gasteiger partial charge on any atom is 0.328 e. The zero-order valence-electron chi connectivity index (χ0n) is 8.72. The van der Waals surface area contributed by atoms with Crippen molar-refractivity contribution in [2.24, 2.45) is 0 Å². The highest BCUT2D eigenvalue weighted by Gasteiger charge is 2.30. The average molecular weight is 227 g/mol. The summed E-state index contributed by atoms with van der Waals surface area (Å²) in [4.78, 5) is 11.4. The van der Waals surface area contributed by atoms with Crippen LogP contribution in [0.4, 0.5) is 14.5 Å². The van der Waals surface area contributed by atoms with Gasteiger partial charge in [0, 0.05) is 17.7 Å². The number of fused-ring (bicyclic) bond motifs is 1. The van der Waals surface area contributed by atoms with Gasteiger partial charge >= 0.3 is 5.97 Å². The molecule has 0 aromatic heterocycles. The Morgan fingerprint density at radius 2 is 2.31 bits per heavy atom. The standard InChI is InChI=1S/C11H11F2NO2/c1-2-16-11(15)9-5-6-8(14-9)4-3-7(12)10(6)13/h3-4,9,14H,2,5H2,1H3/t9-/m1/s1. The fraction of sp³-hybridized carbons (Fsp3) is 0.364. The van der Waals surface area contributed by atoms with Crippen molar-refractivity contribution in [3.05, 3.63) is 29.3 Å². The van der Waals surface area contributed by atoms with Gasteiger partial charge in [-0.05, 0) is 19.1 Å². The summed E-state index contributed by atoms with van der Waals surface area (Å²) >= 11 is 0. The fourth-order valence-electron chi connectivity index (χ4n) is 1.76. The number of carbonyl (C=O) groups excluding carboxylic acids is 1. The lowest BCUT2D eigenvalue weighted by Crippen LogP contribution is -2.29. The number of carbonyl (C=O) groups is 1. The summed E-state index contributed by atoms with van der Waals surface area (Å²) in [6, 6.07) is 1.84. The number of nitrogens with one attached hydrogen (secondary N) is 1. The minimum atomic E-state index is -0.898. The van der Waals surface area contributed by atoms with Crippen LogP contribution in [-0.4, -0.2) is 18.6 Å². The number of esters is 1. The molecule has 2 rings (SSSR count). The SMILES string of the molecule is CCOC(=O)[C@H]1Cc2c(ccc(F)c2F)N1. The van der Waals surface area contributed by atoms with Crippen molar-refractivity contribution in [1.82, 2.24) is 0 Å². The molecule has 0 bridgehead atoms. The van der Waals surface area contributed by atoms with Gasteiger partial charge in [-0.2, -0.15) is 0 Å². The van der Waals surface area contributed by atoms with Crippen LogP contribution >= 0.6 is 0 Å². The van der Waals surface area contributed by atoms with E-state index in [9.17, 15) is 13.6 Å². The minimum Gasteiger partial charge on any atom is -0.464 e. The van der Waals surface area contributed by atoms with Gasteiger partial charge in [0.15, 0.2) is 11.6 Å². The lowest BCUT2D eigenvalue weighted by atomic mass is 10.1. The molecule has 5 heteroatoms. The summed E-state index contributed by atoms with van der Waals surface area (Å²) < 4.78 is 31.1. The Morgan fingerprint density at radius 1 is 1.56 bits per heavy atom. The van der Waals surface area contributed by atoms with Crippen LogP contribution in [0, 0.1) is 11.6 Å². The molecular formula is C11H11F2NO2. The second-order valence-electron chi connectivity index (χ2n) is 3.54. The van der Waals surface area contributed by atoms with Crippen molar-refractivity contribution < 1.29 is 18.3 Å². The van der Waals surface area contributed by atoms with Crippen molar-refractivity contribution in [3.63, 3.8) is 0 Å². The Balaban J connectivity index is 2.21. The molecule has 0 spiro atoms. The first-order valence-electron chi connectivity index (χ1n) is 5.03. The van der Waals surface area contributed by atoms with Gasteiger partial charge in [-0.15, -0.1) is 0 Å². The molecule has 0 fully saturated rings. The summed E-state index contributed by atoms with van der Waals surface area (Å²) in [5.74, 6) is -2.24. The molecule has 0 amide bonds. The van der Waals surface area contributed by atoms with E-state index >= 15 is 0 Å². The first-order valence-corrected chi connectivity index (χ1v) is 5.03. The predicted molar refractivity (Wildman–Crippen MR) is 54.1 cm³/mol. The third-order valence-electron chi connectivity index (χ3n) is 2.51. The van der Waals surface area contributed by atoms with Crippen molar-refractivity contribution in [2.75, 3.05) is 11.9 Å². The molecule has 1 heterocycles. The van der Waals surface area contributed by atoms with E-state index in [0.29, 0.717) is 5.69 Å². The number of hydrogen-bond acceptors (Lipinski definition) is 3. The predicted octanol–water partition coefficient (Wildman–Crippen LogP) is 1.86. The molecule has 86 valence electrons. The summed E-state index contributed by atoms with van der Waals surface area (Å²) in [5.41, 5.74) is 0.662. The molecule has 0 aliphatic carbocycles. The van der Waals surface area contributed by atoms with Crippen molar-refractivity contribution in [2.45, 2.75) is 19.4 Å². The summed E-state index contributed by atoms with van der Waals surface area (Å²) in [5, 5.41) is 2.81. The molecule has 0 unspecified atom stereocenters. The minimum absolute atomic E-state index is 0.123. The van der Waals surface area contributed by atoms with Crippen molar-refractivity contribution in [1.29, 1.82) is 0 Å². The molecule has 1 aromatic carbocycles. The van der Waals surface area contributed by atoms with Crippen molar-refractivity contribution >= 4 is 11.7 Å². The van der Waals surface area contributed by atoms with Gasteiger partial charge in [0.05, 0.1) is 6.61 Å². The van der Waals surface area contributed by atoms with Crippen LogP contribution in [0.2, 0.25) is 0 Å². The highest BCUT2D eigenvalue weighted by Crippen LogP contribution is 2.29. The summed E-state index contributed by atoms with van der Waals surface area (Å²) in [6.07, 6.45) is 0.123. The average Bonchev–Trinajstić information content (AvgIpc) is 2.69. The van der Waals surface area contributed by atoms with Gasteiger partial charge < -0.3 is 10.1 Å². The van der Waals surface area contributed by atoms with E-state index in [1.807, 2.05) is 0 Å². The number of hydrogen-bond donors (Lipinski definition) is 1. The summed E-state index contributed by atoms with van der Waals surface area (Å²) in [7, 11) is 0. The summed E-state index contributed by atoms with van der Waals surface area (Å²) in [6.45, 7) is 1.96.